The number of carboxylic acids is 1. The van der Waals surface area contributed by atoms with Gasteiger partial charge in [-0.15, -0.1) is 0 Å². The SMILES string of the molecule is Cc1cc(CNC(CO)C(=O)O)cnc1/C=C/c1cccc(-c2ccc3c(c2)OCCO3)c1C. The van der Waals surface area contributed by atoms with Gasteiger partial charge in [0.05, 0.1) is 12.3 Å². The number of carboxylic acid groups (broad SMARTS) is 1. The zero-order valence-electron chi connectivity index (χ0n) is 19.2. The first kappa shape index (κ1) is 23.5. The summed E-state index contributed by atoms with van der Waals surface area (Å²) in [6, 6.07) is 13.2. The van der Waals surface area contributed by atoms with Crippen molar-refractivity contribution < 1.29 is 24.5 Å². The second kappa shape index (κ2) is 10.5. The van der Waals surface area contributed by atoms with Crippen molar-refractivity contribution in [2.75, 3.05) is 19.8 Å². The number of hydrogen-bond acceptors (Lipinski definition) is 6. The molecule has 1 aromatic heterocycles. The number of pyridine rings is 1. The molecule has 3 N–H and O–H groups in total. The number of aliphatic hydroxyl groups excluding tert-OH is 1. The van der Waals surface area contributed by atoms with Crippen LogP contribution in [0.2, 0.25) is 0 Å². The van der Waals surface area contributed by atoms with Crippen LogP contribution in [0.3, 0.4) is 0 Å². The molecule has 0 radical (unpaired) electrons. The van der Waals surface area contributed by atoms with Crippen molar-refractivity contribution in [3.05, 3.63) is 76.6 Å². The van der Waals surface area contributed by atoms with E-state index in [4.69, 9.17) is 19.7 Å². The Kier molecular flexibility index (Phi) is 7.25. The number of hydrogen-bond donors (Lipinski definition) is 3. The lowest BCUT2D eigenvalue weighted by Crippen LogP contribution is -2.39. The second-order valence-corrected chi connectivity index (χ2v) is 8.21. The van der Waals surface area contributed by atoms with E-state index < -0.39 is 18.6 Å². The summed E-state index contributed by atoms with van der Waals surface area (Å²) >= 11 is 0. The van der Waals surface area contributed by atoms with Gasteiger partial charge in [0.25, 0.3) is 0 Å². The summed E-state index contributed by atoms with van der Waals surface area (Å²) in [6.45, 7) is 5.04. The maximum Gasteiger partial charge on any atom is 0.323 e. The third-order valence-electron chi connectivity index (χ3n) is 5.86. The van der Waals surface area contributed by atoms with Crippen molar-refractivity contribution in [2.24, 2.45) is 0 Å². The molecule has 176 valence electrons. The minimum absolute atomic E-state index is 0.312. The number of carbonyl (C=O) groups is 1. The lowest BCUT2D eigenvalue weighted by Gasteiger charge is -2.19. The van der Waals surface area contributed by atoms with Crippen LogP contribution in [0.1, 0.15) is 27.9 Å². The number of rotatable bonds is 8. The molecule has 1 aliphatic heterocycles. The van der Waals surface area contributed by atoms with Crippen LogP contribution in [-0.4, -0.2) is 47.0 Å². The Hall–Kier alpha value is -3.68. The largest absolute Gasteiger partial charge is 0.486 e. The van der Waals surface area contributed by atoms with Gasteiger partial charge in [0.1, 0.15) is 19.3 Å². The van der Waals surface area contributed by atoms with Gasteiger partial charge in [-0.25, -0.2) is 0 Å². The highest BCUT2D eigenvalue weighted by Gasteiger charge is 2.15. The Morgan fingerprint density at radius 2 is 1.91 bits per heavy atom. The Labute approximate surface area is 198 Å². The normalized spacial score (nSPS) is 13.7. The minimum atomic E-state index is -1.08. The van der Waals surface area contributed by atoms with Crippen LogP contribution in [0.15, 0.2) is 48.7 Å². The van der Waals surface area contributed by atoms with E-state index in [1.165, 1.54) is 0 Å². The van der Waals surface area contributed by atoms with E-state index in [-0.39, 0.29) is 0 Å². The van der Waals surface area contributed by atoms with Gasteiger partial charge in [0.15, 0.2) is 11.5 Å². The van der Waals surface area contributed by atoms with Crippen molar-refractivity contribution in [1.29, 1.82) is 0 Å². The van der Waals surface area contributed by atoms with Crippen molar-refractivity contribution >= 4 is 18.1 Å². The number of nitrogens with one attached hydrogen (secondary N) is 1. The predicted octanol–water partition coefficient (Wildman–Crippen LogP) is 3.84. The molecule has 4 rings (SSSR count). The van der Waals surface area contributed by atoms with Gasteiger partial charge < -0.3 is 19.7 Å². The average Bonchev–Trinajstić information content (AvgIpc) is 2.84. The number of aliphatic hydroxyl groups is 1. The van der Waals surface area contributed by atoms with E-state index >= 15 is 0 Å². The Morgan fingerprint density at radius 3 is 2.65 bits per heavy atom. The minimum Gasteiger partial charge on any atom is -0.486 e. The molecule has 7 heteroatoms. The molecular weight excluding hydrogens is 432 g/mol. The van der Waals surface area contributed by atoms with E-state index in [1.807, 2.05) is 43.3 Å². The van der Waals surface area contributed by atoms with E-state index in [2.05, 4.69) is 35.4 Å². The maximum absolute atomic E-state index is 11.0. The number of benzene rings is 2. The molecule has 0 aliphatic carbocycles. The predicted molar refractivity (Wildman–Crippen MR) is 131 cm³/mol. The quantitative estimate of drug-likeness (QED) is 0.470. The summed E-state index contributed by atoms with van der Waals surface area (Å²) in [5, 5.41) is 21.0. The smallest absolute Gasteiger partial charge is 0.323 e. The van der Waals surface area contributed by atoms with Gasteiger partial charge in [-0.05, 0) is 65.4 Å². The lowest BCUT2D eigenvalue weighted by molar-refractivity contribution is -0.140. The van der Waals surface area contributed by atoms with Crippen LogP contribution in [0.4, 0.5) is 0 Å². The Bertz CT molecular complexity index is 1220. The zero-order chi connectivity index (χ0) is 24.1. The fraction of sp³-hybridized carbons (Fsp3) is 0.259. The highest BCUT2D eigenvalue weighted by molar-refractivity contribution is 5.78. The maximum atomic E-state index is 11.0. The first-order chi connectivity index (χ1) is 16.5. The van der Waals surface area contributed by atoms with Gasteiger partial charge in [-0.1, -0.05) is 36.4 Å². The standard InChI is InChI=1S/C27H28N2O5/c1-17-12-19(15-29-24(16-30)27(31)32)14-28-23(17)8-6-20-4-3-5-22(18(20)2)21-7-9-25-26(13-21)34-11-10-33-25/h3-9,12-14,24,29-30H,10-11,15-16H2,1-2H3,(H,31,32)/b8-6+. The molecule has 1 atom stereocenters. The van der Waals surface area contributed by atoms with Gasteiger partial charge in [-0.2, -0.15) is 0 Å². The molecule has 0 saturated heterocycles. The molecule has 7 nitrogen and oxygen atoms in total. The van der Waals surface area contributed by atoms with Crippen molar-refractivity contribution in [1.82, 2.24) is 10.3 Å². The highest BCUT2D eigenvalue weighted by atomic mass is 16.6. The van der Waals surface area contributed by atoms with Crippen LogP contribution < -0.4 is 14.8 Å². The first-order valence-corrected chi connectivity index (χ1v) is 11.2. The molecule has 0 spiro atoms. The summed E-state index contributed by atoms with van der Waals surface area (Å²) in [5.74, 6) is 0.464. The average molecular weight is 461 g/mol. The summed E-state index contributed by atoms with van der Waals surface area (Å²) in [5.41, 5.74) is 7.11. The molecule has 34 heavy (non-hydrogen) atoms. The number of ether oxygens (including phenoxy) is 2. The molecule has 0 amide bonds. The van der Waals surface area contributed by atoms with Gasteiger partial charge in [0.2, 0.25) is 0 Å². The molecule has 1 unspecified atom stereocenters. The molecule has 0 saturated carbocycles. The number of nitrogens with zero attached hydrogens (tertiary/aromatic N) is 1. The van der Waals surface area contributed by atoms with E-state index in [0.717, 1.165) is 50.6 Å². The molecule has 2 heterocycles. The van der Waals surface area contributed by atoms with Crippen LogP contribution >= 0.6 is 0 Å². The molecule has 2 aromatic carbocycles. The Balaban J connectivity index is 1.51. The highest BCUT2D eigenvalue weighted by Crippen LogP contribution is 2.36. The third kappa shape index (κ3) is 5.27. The topological polar surface area (TPSA) is 101 Å². The number of aromatic nitrogens is 1. The number of fused-ring (bicyclic) bond motifs is 1. The number of aryl methyl sites for hydroxylation is 1. The van der Waals surface area contributed by atoms with E-state index in [0.29, 0.717) is 19.8 Å². The van der Waals surface area contributed by atoms with E-state index in [1.54, 1.807) is 6.20 Å². The molecule has 1 aliphatic rings. The van der Waals surface area contributed by atoms with Crippen molar-refractivity contribution in [2.45, 2.75) is 26.4 Å². The second-order valence-electron chi connectivity index (χ2n) is 8.21. The Morgan fingerprint density at radius 1 is 1.12 bits per heavy atom. The van der Waals surface area contributed by atoms with Crippen molar-refractivity contribution in [3.63, 3.8) is 0 Å². The molecule has 0 bridgehead atoms. The van der Waals surface area contributed by atoms with Crippen LogP contribution in [0, 0.1) is 13.8 Å². The summed E-state index contributed by atoms with van der Waals surface area (Å²) in [6.07, 6.45) is 5.75. The monoisotopic (exact) mass is 460 g/mol. The first-order valence-electron chi connectivity index (χ1n) is 11.2. The van der Waals surface area contributed by atoms with Gasteiger partial charge in [0, 0.05) is 12.7 Å². The lowest BCUT2D eigenvalue weighted by atomic mass is 9.95. The molecule has 0 fully saturated rings. The summed E-state index contributed by atoms with van der Waals surface area (Å²) in [7, 11) is 0. The van der Waals surface area contributed by atoms with Crippen LogP contribution in [0.25, 0.3) is 23.3 Å². The van der Waals surface area contributed by atoms with E-state index in [9.17, 15) is 4.79 Å². The van der Waals surface area contributed by atoms with Gasteiger partial charge in [-0.3, -0.25) is 15.1 Å². The molecule has 3 aromatic rings. The van der Waals surface area contributed by atoms with Crippen LogP contribution in [0.5, 0.6) is 11.5 Å². The fourth-order valence-electron chi connectivity index (χ4n) is 3.91. The number of aliphatic carboxylic acids is 1. The fourth-order valence-corrected chi connectivity index (χ4v) is 3.91. The summed E-state index contributed by atoms with van der Waals surface area (Å²) in [4.78, 5) is 15.6. The summed E-state index contributed by atoms with van der Waals surface area (Å²) < 4.78 is 11.4. The zero-order valence-corrected chi connectivity index (χ0v) is 19.2. The van der Waals surface area contributed by atoms with Crippen LogP contribution in [-0.2, 0) is 11.3 Å². The van der Waals surface area contributed by atoms with Gasteiger partial charge >= 0.3 is 5.97 Å². The third-order valence-corrected chi connectivity index (χ3v) is 5.86. The van der Waals surface area contributed by atoms with Crippen molar-refractivity contribution in [3.8, 4) is 22.6 Å². The molecular formula is C27H28N2O5.